The summed E-state index contributed by atoms with van der Waals surface area (Å²) < 4.78 is 7.12. The van der Waals surface area contributed by atoms with Gasteiger partial charge in [0.2, 0.25) is 23.6 Å². The first kappa shape index (κ1) is 39.6. The minimum absolute atomic E-state index is 0.0130. The Morgan fingerprint density at radius 2 is 1.56 bits per heavy atom. The number of nitrogens with one attached hydrogen (secondary N) is 4. The van der Waals surface area contributed by atoms with E-state index in [2.05, 4.69) is 26.4 Å². The number of methoxy groups -OCH3 is 1. The molecule has 4 rings (SSSR count). The van der Waals surface area contributed by atoms with E-state index in [1.807, 2.05) is 58.4 Å². The fraction of sp³-hybridized carbons (Fsp3) is 0.487. The maximum Gasteiger partial charge on any atom is 0.254 e. The summed E-state index contributed by atoms with van der Waals surface area (Å²) >= 11 is 0. The second-order valence-corrected chi connectivity index (χ2v) is 14.4. The van der Waals surface area contributed by atoms with E-state index >= 15 is 0 Å². The van der Waals surface area contributed by atoms with Gasteiger partial charge in [0.1, 0.15) is 23.9 Å². The second-order valence-electron chi connectivity index (χ2n) is 14.4. The van der Waals surface area contributed by atoms with Gasteiger partial charge in [0.05, 0.1) is 25.9 Å². The molecule has 0 saturated carbocycles. The van der Waals surface area contributed by atoms with Crippen LogP contribution in [-0.4, -0.2) is 88.6 Å². The molecule has 0 spiro atoms. The molecule has 3 aromatic rings. The Labute approximate surface area is 306 Å². The van der Waals surface area contributed by atoms with Crippen LogP contribution in [0.15, 0.2) is 54.6 Å². The van der Waals surface area contributed by atoms with Gasteiger partial charge in [-0.3, -0.25) is 28.7 Å². The van der Waals surface area contributed by atoms with Crippen LogP contribution in [0.1, 0.15) is 73.9 Å². The molecule has 1 aromatic heterocycles. The summed E-state index contributed by atoms with van der Waals surface area (Å²) in [6.07, 6.45) is 0.426. The number of rotatable bonds is 9. The molecule has 2 aromatic carbocycles. The van der Waals surface area contributed by atoms with E-state index in [9.17, 15) is 24.0 Å². The van der Waals surface area contributed by atoms with Crippen molar-refractivity contribution in [3.05, 3.63) is 82.7 Å². The van der Waals surface area contributed by atoms with E-state index < -0.39 is 53.7 Å². The highest BCUT2D eigenvalue weighted by atomic mass is 16.5. The Kier molecular flexibility index (Phi) is 13.6. The van der Waals surface area contributed by atoms with Gasteiger partial charge in [0, 0.05) is 30.3 Å². The zero-order chi connectivity index (χ0) is 38.1. The number of carbonyl (C=O) groups is 5. The number of hydrogen-bond donors (Lipinski definition) is 4. The number of aryl methyl sites for hydroxylation is 2. The first-order valence-corrected chi connectivity index (χ1v) is 17.9. The maximum atomic E-state index is 14.2. The van der Waals surface area contributed by atoms with Crippen LogP contribution >= 0.6 is 0 Å². The fourth-order valence-electron chi connectivity index (χ4n) is 6.16. The molecule has 52 heavy (non-hydrogen) atoms. The van der Waals surface area contributed by atoms with Gasteiger partial charge >= 0.3 is 0 Å². The van der Waals surface area contributed by atoms with Gasteiger partial charge in [0.15, 0.2) is 0 Å². The van der Waals surface area contributed by atoms with E-state index in [-0.39, 0.29) is 31.3 Å². The Balaban J connectivity index is 1.66. The molecule has 2 heterocycles. The highest BCUT2D eigenvalue weighted by molar-refractivity contribution is 5.98. The monoisotopic (exact) mass is 715 g/mol. The number of carbonyl (C=O) groups excluding carboxylic acids is 5. The molecule has 280 valence electrons. The van der Waals surface area contributed by atoms with Crippen molar-refractivity contribution in [1.82, 2.24) is 35.9 Å². The number of benzene rings is 2. The summed E-state index contributed by atoms with van der Waals surface area (Å²) in [5.74, 6) is -1.98. The average Bonchev–Trinajstić information content (AvgIpc) is 3.41. The van der Waals surface area contributed by atoms with Gasteiger partial charge in [-0.15, -0.1) is 0 Å². The molecule has 1 saturated heterocycles. The molecule has 13 nitrogen and oxygen atoms in total. The van der Waals surface area contributed by atoms with Crippen LogP contribution < -0.4 is 26.0 Å². The minimum Gasteiger partial charge on any atom is -0.497 e. The normalized spacial score (nSPS) is 20.8. The lowest BCUT2D eigenvalue weighted by Crippen LogP contribution is -2.57. The molecular formula is C39H53N7O6. The van der Waals surface area contributed by atoms with Crippen LogP contribution in [0, 0.1) is 25.7 Å². The standard InChI is InChI=1S/C39H53N7O6/c1-23(2)16-32-38(50)42-33(19-28-12-14-31(52-8)15-13-28)37(49)40-27(7)36(48)43-34(24(3)4)21-45(22-35(47)41-32)39(51)30-11-9-10-29(18-30)20-46-26(6)17-25(5)44-46/h9-15,17-18,23-24,27,32-34H,16,19-22H2,1-8H3,(H,40,49)(H,41,47)(H,42,50)(H,43,48)/t27-,32+,33+,34-/m1/s1. The second kappa shape index (κ2) is 17.8. The van der Waals surface area contributed by atoms with Crippen molar-refractivity contribution in [1.29, 1.82) is 0 Å². The molecule has 13 heteroatoms. The van der Waals surface area contributed by atoms with Crippen LogP contribution in [0.5, 0.6) is 5.75 Å². The molecule has 0 aliphatic carbocycles. The number of aromatic nitrogens is 2. The Bertz CT molecular complexity index is 1730. The van der Waals surface area contributed by atoms with Crippen molar-refractivity contribution >= 4 is 29.5 Å². The van der Waals surface area contributed by atoms with Crippen molar-refractivity contribution in [2.75, 3.05) is 20.2 Å². The van der Waals surface area contributed by atoms with Crippen LogP contribution in [0.2, 0.25) is 0 Å². The quantitative estimate of drug-likeness (QED) is 0.265. The average molecular weight is 716 g/mol. The predicted molar refractivity (Wildman–Crippen MR) is 198 cm³/mol. The molecule has 4 N–H and O–H groups in total. The third-order valence-electron chi connectivity index (χ3n) is 9.12. The molecule has 1 aliphatic heterocycles. The summed E-state index contributed by atoms with van der Waals surface area (Å²) in [6.45, 7) is 13.2. The van der Waals surface area contributed by atoms with E-state index in [4.69, 9.17) is 4.74 Å². The third kappa shape index (κ3) is 10.9. The third-order valence-corrected chi connectivity index (χ3v) is 9.12. The van der Waals surface area contributed by atoms with Crippen molar-refractivity contribution in [3.8, 4) is 5.75 Å². The van der Waals surface area contributed by atoms with Gasteiger partial charge < -0.3 is 30.9 Å². The lowest BCUT2D eigenvalue weighted by Gasteiger charge is -2.31. The van der Waals surface area contributed by atoms with Gasteiger partial charge in [-0.2, -0.15) is 5.10 Å². The van der Waals surface area contributed by atoms with Crippen molar-refractivity contribution in [3.63, 3.8) is 0 Å². The molecular weight excluding hydrogens is 662 g/mol. The first-order valence-electron chi connectivity index (χ1n) is 17.9. The molecule has 0 radical (unpaired) electrons. The SMILES string of the molecule is COc1ccc(C[C@@H]2NC(=O)[C@H](CC(C)C)NC(=O)CN(C(=O)c3cccc(Cn4nc(C)cc4C)c3)C[C@H](C(C)C)NC(=O)[C@@H](C)NC2=O)cc1. The van der Waals surface area contributed by atoms with Crippen LogP contribution in [0.25, 0.3) is 0 Å². The van der Waals surface area contributed by atoms with E-state index in [0.717, 1.165) is 22.5 Å². The van der Waals surface area contributed by atoms with Crippen LogP contribution in [0.4, 0.5) is 0 Å². The molecule has 1 aliphatic rings. The summed E-state index contributed by atoms with van der Waals surface area (Å²) in [6, 6.07) is 12.7. The fourth-order valence-corrected chi connectivity index (χ4v) is 6.16. The minimum atomic E-state index is -1.05. The topological polar surface area (TPSA) is 164 Å². The number of amides is 5. The predicted octanol–water partition coefficient (Wildman–Crippen LogP) is 2.92. The number of ether oxygens (including phenoxy) is 1. The van der Waals surface area contributed by atoms with E-state index in [1.54, 1.807) is 56.5 Å². The Hall–Kier alpha value is -5.20. The van der Waals surface area contributed by atoms with E-state index in [1.165, 1.54) is 4.90 Å². The highest BCUT2D eigenvalue weighted by Gasteiger charge is 2.33. The zero-order valence-corrected chi connectivity index (χ0v) is 31.5. The van der Waals surface area contributed by atoms with Crippen LogP contribution in [0.3, 0.4) is 0 Å². The Morgan fingerprint density at radius 3 is 2.17 bits per heavy atom. The summed E-state index contributed by atoms with van der Waals surface area (Å²) in [5.41, 5.74) is 3.87. The molecule has 0 bridgehead atoms. The van der Waals surface area contributed by atoms with Crippen LogP contribution in [-0.2, 0) is 32.1 Å². The molecule has 0 unspecified atom stereocenters. The number of nitrogens with zero attached hydrogens (tertiary/aromatic N) is 3. The Morgan fingerprint density at radius 1 is 0.865 bits per heavy atom. The molecule has 1 fully saturated rings. The summed E-state index contributed by atoms with van der Waals surface area (Å²) in [7, 11) is 1.56. The summed E-state index contributed by atoms with van der Waals surface area (Å²) in [5, 5.41) is 16.0. The van der Waals surface area contributed by atoms with Gasteiger partial charge in [0.25, 0.3) is 5.91 Å². The van der Waals surface area contributed by atoms with Gasteiger partial charge in [-0.1, -0.05) is 52.0 Å². The van der Waals surface area contributed by atoms with Gasteiger partial charge in [-0.05, 0) is 80.5 Å². The smallest absolute Gasteiger partial charge is 0.254 e. The van der Waals surface area contributed by atoms with E-state index in [0.29, 0.717) is 24.3 Å². The zero-order valence-electron chi connectivity index (χ0n) is 31.5. The first-order chi connectivity index (χ1) is 24.6. The highest BCUT2D eigenvalue weighted by Crippen LogP contribution is 2.16. The lowest BCUT2D eigenvalue weighted by atomic mass is 10.0. The van der Waals surface area contributed by atoms with Crippen molar-refractivity contribution < 1.29 is 28.7 Å². The van der Waals surface area contributed by atoms with Gasteiger partial charge in [-0.25, -0.2) is 0 Å². The number of hydrogen-bond acceptors (Lipinski definition) is 7. The maximum absolute atomic E-state index is 14.2. The van der Waals surface area contributed by atoms with Crippen molar-refractivity contribution in [2.45, 2.75) is 92.0 Å². The lowest BCUT2D eigenvalue weighted by molar-refractivity contribution is -0.133. The molecule has 4 atom stereocenters. The summed E-state index contributed by atoms with van der Waals surface area (Å²) in [4.78, 5) is 70.4. The molecule has 5 amide bonds. The largest absolute Gasteiger partial charge is 0.497 e. The van der Waals surface area contributed by atoms with Crippen molar-refractivity contribution in [2.24, 2.45) is 11.8 Å².